The Morgan fingerprint density at radius 3 is 2.56 bits per heavy atom. The molecule has 3 heterocycles. The molecule has 1 aromatic carbocycles. The van der Waals surface area contributed by atoms with E-state index in [-0.39, 0.29) is 22.4 Å². The normalized spacial score (nSPS) is 11.4. The lowest BCUT2D eigenvalue weighted by Gasteiger charge is -2.10. The van der Waals surface area contributed by atoms with Crippen molar-refractivity contribution in [1.82, 2.24) is 24.7 Å². The summed E-state index contributed by atoms with van der Waals surface area (Å²) in [5, 5.41) is 13.7. The van der Waals surface area contributed by atoms with E-state index >= 15 is 0 Å². The molecule has 3 aromatic heterocycles. The predicted molar refractivity (Wildman–Crippen MR) is 132 cm³/mol. The van der Waals surface area contributed by atoms with Crippen molar-refractivity contribution in [3.05, 3.63) is 59.4 Å². The smallest absolute Gasteiger partial charge is 0.263 e. The van der Waals surface area contributed by atoms with Crippen LogP contribution in [0.2, 0.25) is 0 Å². The number of aromatic nitrogens is 5. The maximum Gasteiger partial charge on any atom is 0.263 e. The van der Waals surface area contributed by atoms with Crippen molar-refractivity contribution < 1.29 is 13.2 Å². The summed E-state index contributed by atoms with van der Waals surface area (Å²) < 4.78 is 29.6. The van der Waals surface area contributed by atoms with E-state index in [0.29, 0.717) is 22.4 Å². The number of hydrogen-bond donors (Lipinski definition) is 2. The molecule has 34 heavy (non-hydrogen) atoms. The molecule has 0 atom stereocenters. The highest BCUT2D eigenvalue weighted by Gasteiger charge is 2.17. The summed E-state index contributed by atoms with van der Waals surface area (Å²) in [6.07, 6.45) is 0. The topological polar surface area (TPSA) is 132 Å². The molecular formula is C21H21N7O3S3. The molecule has 0 fully saturated rings. The van der Waals surface area contributed by atoms with E-state index in [1.807, 2.05) is 29.1 Å². The van der Waals surface area contributed by atoms with Crippen LogP contribution in [-0.2, 0) is 21.9 Å². The van der Waals surface area contributed by atoms with Gasteiger partial charge in [0.15, 0.2) is 11.0 Å². The Labute approximate surface area is 204 Å². The average Bonchev–Trinajstić information content (AvgIpc) is 3.41. The second-order valence-electron chi connectivity index (χ2n) is 7.25. The number of sulfonamides is 1. The molecule has 2 N–H and O–H groups in total. The van der Waals surface area contributed by atoms with Crippen LogP contribution < -0.4 is 10.0 Å². The van der Waals surface area contributed by atoms with Crippen LogP contribution in [0.4, 0.5) is 11.5 Å². The van der Waals surface area contributed by atoms with Gasteiger partial charge < -0.3 is 9.88 Å². The van der Waals surface area contributed by atoms with E-state index in [0.717, 1.165) is 10.7 Å². The van der Waals surface area contributed by atoms with Gasteiger partial charge in [-0.2, -0.15) is 0 Å². The Hall–Kier alpha value is -3.29. The number of benzene rings is 1. The van der Waals surface area contributed by atoms with Crippen LogP contribution in [0.25, 0.3) is 10.7 Å². The molecule has 0 radical (unpaired) electrons. The number of rotatable bonds is 8. The van der Waals surface area contributed by atoms with Crippen molar-refractivity contribution in [3.8, 4) is 10.7 Å². The Morgan fingerprint density at radius 2 is 1.88 bits per heavy atom. The summed E-state index contributed by atoms with van der Waals surface area (Å²) in [6.45, 7) is 3.45. The molecule has 13 heteroatoms. The number of hydrogen-bond acceptors (Lipinski definition) is 9. The van der Waals surface area contributed by atoms with Gasteiger partial charge in [-0.25, -0.2) is 18.4 Å². The van der Waals surface area contributed by atoms with Gasteiger partial charge in [0.25, 0.3) is 10.0 Å². The van der Waals surface area contributed by atoms with Crippen LogP contribution in [0, 0.1) is 13.8 Å². The molecule has 0 saturated carbocycles. The fraction of sp³-hybridized carbons (Fsp3) is 0.190. The van der Waals surface area contributed by atoms with Crippen LogP contribution in [-0.4, -0.2) is 44.8 Å². The number of anilines is 2. The van der Waals surface area contributed by atoms with Crippen LogP contribution in [0.15, 0.2) is 57.9 Å². The van der Waals surface area contributed by atoms with E-state index in [4.69, 9.17) is 0 Å². The third-order valence-corrected chi connectivity index (χ3v) is 7.82. The minimum Gasteiger partial charge on any atom is -0.325 e. The highest BCUT2D eigenvalue weighted by Crippen LogP contribution is 2.26. The lowest BCUT2D eigenvalue weighted by molar-refractivity contribution is -0.113. The highest BCUT2D eigenvalue weighted by molar-refractivity contribution is 7.99. The molecule has 176 valence electrons. The lowest BCUT2D eigenvalue weighted by Crippen LogP contribution is -2.16. The first-order chi connectivity index (χ1) is 16.2. The van der Waals surface area contributed by atoms with E-state index in [1.165, 1.54) is 36.0 Å². The van der Waals surface area contributed by atoms with Gasteiger partial charge in [-0.1, -0.05) is 17.8 Å². The largest absolute Gasteiger partial charge is 0.325 e. The molecule has 0 spiro atoms. The first-order valence-electron chi connectivity index (χ1n) is 10.0. The quantitative estimate of drug-likeness (QED) is 0.341. The average molecular weight is 516 g/mol. The second kappa shape index (κ2) is 9.91. The maximum absolute atomic E-state index is 12.7. The van der Waals surface area contributed by atoms with Gasteiger partial charge >= 0.3 is 0 Å². The molecule has 10 nitrogen and oxygen atoms in total. The van der Waals surface area contributed by atoms with Crippen LogP contribution in [0.5, 0.6) is 0 Å². The fourth-order valence-electron chi connectivity index (χ4n) is 3.07. The van der Waals surface area contributed by atoms with Gasteiger partial charge in [-0.15, -0.1) is 21.5 Å². The van der Waals surface area contributed by atoms with E-state index in [9.17, 15) is 13.2 Å². The van der Waals surface area contributed by atoms with Crippen molar-refractivity contribution in [1.29, 1.82) is 0 Å². The molecule has 0 aliphatic rings. The molecule has 0 bridgehead atoms. The maximum atomic E-state index is 12.7. The monoisotopic (exact) mass is 515 g/mol. The zero-order valence-corrected chi connectivity index (χ0v) is 21.0. The Balaban J connectivity index is 1.35. The third-order valence-electron chi connectivity index (χ3n) is 4.56. The van der Waals surface area contributed by atoms with Crippen LogP contribution in [0.1, 0.15) is 11.5 Å². The first-order valence-corrected chi connectivity index (χ1v) is 13.4. The summed E-state index contributed by atoms with van der Waals surface area (Å²) >= 11 is 2.84. The number of nitrogens with one attached hydrogen (secondary N) is 2. The number of nitrogens with zero attached hydrogens (tertiary/aromatic N) is 5. The van der Waals surface area contributed by atoms with Crippen LogP contribution in [0.3, 0.4) is 0 Å². The fourth-order valence-corrected chi connectivity index (χ4v) is 5.52. The van der Waals surface area contributed by atoms with Crippen molar-refractivity contribution >= 4 is 50.5 Å². The molecule has 0 saturated heterocycles. The second-order valence-corrected chi connectivity index (χ2v) is 10.8. The molecule has 1 amide bonds. The number of carbonyl (C=O) groups excluding carboxylic acids is 1. The Kier molecular flexibility index (Phi) is 6.95. The first kappa shape index (κ1) is 23.9. The van der Waals surface area contributed by atoms with Crippen LogP contribution >= 0.6 is 23.1 Å². The third kappa shape index (κ3) is 5.61. The summed E-state index contributed by atoms with van der Waals surface area (Å²) in [5.41, 5.74) is 1.14. The number of aryl methyl sites for hydroxylation is 2. The molecule has 4 rings (SSSR count). The van der Waals surface area contributed by atoms with Gasteiger partial charge in [-0.05, 0) is 49.6 Å². The standard InChI is InChI=1S/C21H21N7O3S3/c1-13-11-18(23-14(2)22-13)27-34(30,31)16-8-6-15(7-9-16)24-19(29)12-33-21-26-25-20(28(21)3)17-5-4-10-32-17/h4-11H,12H2,1-3H3,(H,24,29)(H,22,23,27). The zero-order chi connectivity index (χ0) is 24.3. The number of amides is 1. The Morgan fingerprint density at radius 1 is 1.12 bits per heavy atom. The SMILES string of the molecule is Cc1cc(NS(=O)(=O)c2ccc(NC(=O)CSc3nnc(-c4cccs4)n3C)cc2)nc(C)n1. The molecule has 0 aliphatic heterocycles. The van der Waals surface area contributed by atoms with Gasteiger partial charge in [0, 0.05) is 24.5 Å². The van der Waals surface area contributed by atoms with Crippen molar-refractivity contribution in [2.75, 3.05) is 15.8 Å². The van der Waals surface area contributed by atoms with Crippen molar-refractivity contribution in [3.63, 3.8) is 0 Å². The summed E-state index contributed by atoms with van der Waals surface area (Å²) in [5.74, 6) is 1.30. The number of thiophene rings is 1. The highest BCUT2D eigenvalue weighted by atomic mass is 32.2. The number of thioether (sulfide) groups is 1. The van der Waals surface area contributed by atoms with Gasteiger partial charge in [0.05, 0.1) is 15.5 Å². The molecule has 0 aliphatic carbocycles. The minimum absolute atomic E-state index is 0.0500. The molecule has 0 unspecified atom stereocenters. The summed E-state index contributed by atoms with van der Waals surface area (Å²) in [7, 11) is -1.98. The van der Waals surface area contributed by atoms with Gasteiger partial charge in [0.1, 0.15) is 11.6 Å². The number of carbonyl (C=O) groups is 1. The van der Waals surface area contributed by atoms with E-state index in [2.05, 4.69) is 30.2 Å². The van der Waals surface area contributed by atoms with E-state index in [1.54, 1.807) is 31.3 Å². The Bertz CT molecular complexity index is 1400. The summed E-state index contributed by atoms with van der Waals surface area (Å²) in [4.78, 5) is 21.7. The predicted octanol–water partition coefficient (Wildman–Crippen LogP) is 3.48. The zero-order valence-electron chi connectivity index (χ0n) is 18.5. The van der Waals surface area contributed by atoms with Gasteiger partial charge in [-0.3, -0.25) is 9.52 Å². The molecule has 4 aromatic rings. The van der Waals surface area contributed by atoms with Crippen molar-refractivity contribution in [2.24, 2.45) is 7.05 Å². The van der Waals surface area contributed by atoms with E-state index < -0.39 is 10.0 Å². The van der Waals surface area contributed by atoms with Crippen molar-refractivity contribution in [2.45, 2.75) is 23.9 Å². The van der Waals surface area contributed by atoms with Gasteiger partial charge in [0.2, 0.25) is 5.91 Å². The molecular weight excluding hydrogens is 494 g/mol. The minimum atomic E-state index is -3.83. The summed E-state index contributed by atoms with van der Waals surface area (Å²) in [6, 6.07) is 11.4. The lowest BCUT2D eigenvalue weighted by atomic mass is 10.3.